The van der Waals surface area contributed by atoms with Crippen molar-refractivity contribution in [3.8, 4) is 0 Å². The summed E-state index contributed by atoms with van der Waals surface area (Å²) in [6.45, 7) is 5.13. The lowest BCUT2D eigenvalue weighted by atomic mass is 10.1. The van der Waals surface area contributed by atoms with Gasteiger partial charge in [0.05, 0.1) is 29.3 Å². The maximum Gasteiger partial charge on any atom is 0.248 e. The molecule has 2 amide bonds. The fourth-order valence-electron chi connectivity index (χ4n) is 2.95. The number of rotatable bonds is 2. The zero-order valence-corrected chi connectivity index (χ0v) is 13.3. The molecule has 2 aliphatic rings. The average Bonchev–Trinajstić information content (AvgIpc) is 2.99. The van der Waals surface area contributed by atoms with Crippen LogP contribution in [0.3, 0.4) is 0 Å². The first-order chi connectivity index (χ1) is 9.95. The lowest BCUT2D eigenvalue weighted by Gasteiger charge is -2.33. The third kappa shape index (κ3) is 2.67. The highest BCUT2D eigenvalue weighted by Crippen LogP contribution is 2.24. The van der Waals surface area contributed by atoms with Crippen molar-refractivity contribution in [2.75, 3.05) is 26.7 Å². The normalized spacial score (nSPS) is 25.4. The molecule has 2 atom stereocenters. The molecule has 1 aromatic heterocycles. The van der Waals surface area contributed by atoms with Crippen molar-refractivity contribution in [3.05, 3.63) is 15.6 Å². The standard InChI is InChI=1S/C14H19N3O3S/c1-8-12(21-9(2)15-8)4-13(18)17-5-10-11(6-17)20-7-14(19)16(10)3/h10-11H,4-7H2,1-3H3/t10-,11-/m0/s1. The molecule has 2 aliphatic heterocycles. The Hall–Kier alpha value is -1.47. The van der Waals surface area contributed by atoms with Crippen LogP contribution in [0.15, 0.2) is 0 Å². The number of aromatic nitrogens is 1. The number of fused-ring (bicyclic) bond motifs is 1. The Morgan fingerprint density at radius 3 is 2.86 bits per heavy atom. The SMILES string of the molecule is Cc1nc(C)c(CC(=O)N2C[C@@H]3OCC(=O)N(C)[C@H]3C2)s1. The molecule has 0 unspecified atom stereocenters. The number of amides is 2. The van der Waals surface area contributed by atoms with Crippen LogP contribution in [0.5, 0.6) is 0 Å². The van der Waals surface area contributed by atoms with Gasteiger partial charge in [0.1, 0.15) is 6.61 Å². The van der Waals surface area contributed by atoms with Crippen molar-refractivity contribution in [1.82, 2.24) is 14.8 Å². The van der Waals surface area contributed by atoms with Crippen LogP contribution in [0.4, 0.5) is 0 Å². The maximum absolute atomic E-state index is 12.5. The summed E-state index contributed by atoms with van der Waals surface area (Å²) in [6, 6.07) is -0.0144. The summed E-state index contributed by atoms with van der Waals surface area (Å²) in [5.41, 5.74) is 0.936. The number of thiazole rings is 1. The van der Waals surface area contributed by atoms with E-state index in [0.717, 1.165) is 15.6 Å². The Kier molecular flexibility index (Phi) is 3.71. The Bertz CT molecular complexity index is 586. The summed E-state index contributed by atoms with van der Waals surface area (Å²) in [5, 5.41) is 0.985. The molecule has 7 heteroatoms. The molecule has 3 rings (SSSR count). The zero-order valence-electron chi connectivity index (χ0n) is 12.5. The first-order valence-corrected chi connectivity index (χ1v) is 7.85. The van der Waals surface area contributed by atoms with Crippen molar-refractivity contribution in [1.29, 1.82) is 0 Å². The smallest absolute Gasteiger partial charge is 0.248 e. The predicted octanol–water partition coefficient (Wildman–Crippen LogP) is 0.370. The minimum absolute atomic E-state index is 0.0144. The monoisotopic (exact) mass is 309 g/mol. The van der Waals surface area contributed by atoms with Crippen molar-refractivity contribution >= 4 is 23.2 Å². The molecule has 3 heterocycles. The molecule has 0 bridgehead atoms. The van der Waals surface area contributed by atoms with E-state index >= 15 is 0 Å². The second kappa shape index (κ2) is 5.38. The summed E-state index contributed by atoms with van der Waals surface area (Å²) < 4.78 is 5.55. The van der Waals surface area contributed by atoms with E-state index in [1.807, 2.05) is 13.8 Å². The van der Waals surface area contributed by atoms with E-state index in [0.29, 0.717) is 19.5 Å². The molecule has 6 nitrogen and oxygen atoms in total. The fraction of sp³-hybridized carbons (Fsp3) is 0.643. The van der Waals surface area contributed by atoms with Gasteiger partial charge in [-0.15, -0.1) is 11.3 Å². The highest BCUT2D eigenvalue weighted by Gasteiger charge is 2.43. The summed E-state index contributed by atoms with van der Waals surface area (Å²) in [6.07, 6.45) is 0.329. The van der Waals surface area contributed by atoms with E-state index in [2.05, 4.69) is 4.98 Å². The highest BCUT2D eigenvalue weighted by molar-refractivity contribution is 7.11. The molecule has 1 aromatic rings. The van der Waals surface area contributed by atoms with Gasteiger partial charge in [-0.25, -0.2) is 4.98 Å². The highest BCUT2D eigenvalue weighted by atomic mass is 32.1. The summed E-state index contributed by atoms with van der Waals surface area (Å²) in [7, 11) is 1.78. The van der Waals surface area contributed by atoms with Gasteiger partial charge in [0.2, 0.25) is 11.8 Å². The summed E-state index contributed by atoms with van der Waals surface area (Å²) in [5.74, 6) is 0.0695. The molecule has 0 aromatic carbocycles. The van der Waals surface area contributed by atoms with Crippen molar-refractivity contribution in [3.63, 3.8) is 0 Å². The largest absolute Gasteiger partial charge is 0.364 e. The Labute approximate surface area is 127 Å². The van der Waals surface area contributed by atoms with Crippen LogP contribution < -0.4 is 0 Å². The van der Waals surface area contributed by atoms with Crippen LogP contribution in [-0.4, -0.2) is 65.5 Å². The first kappa shape index (κ1) is 14.5. The van der Waals surface area contributed by atoms with Gasteiger partial charge >= 0.3 is 0 Å². The van der Waals surface area contributed by atoms with Crippen LogP contribution >= 0.6 is 11.3 Å². The minimum atomic E-state index is -0.0547. The lowest BCUT2D eigenvalue weighted by Crippen LogP contribution is -2.51. The van der Waals surface area contributed by atoms with E-state index in [4.69, 9.17) is 4.74 Å². The molecular formula is C14H19N3O3S. The minimum Gasteiger partial charge on any atom is -0.364 e. The number of carbonyl (C=O) groups is 2. The second-order valence-electron chi connectivity index (χ2n) is 5.64. The number of ether oxygens (including phenoxy) is 1. The third-order valence-corrected chi connectivity index (χ3v) is 5.29. The van der Waals surface area contributed by atoms with E-state index in [-0.39, 0.29) is 30.6 Å². The topological polar surface area (TPSA) is 62.7 Å². The van der Waals surface area contributed by atoms with Gasteiger partial charge in [-0.05, 0) is 13.8 Å². The molecule has 114 valence electrons. The molecule has 2 fully saturated rings. The number of nitrogens with zero attached hydrogens (tertiary/aromatic N) is 3. The fourth-order valence-corrected chi connectivity index (χ4v) is 3.88. The number of likely N-dealkylation sites (N-methyl/N-ethyl adjacent to an activating group) is 1. The Morgan fingerprint density at radius 1 is 1.43 bits per heavy atom. The van der Waals surface area contributed by atoms with E-state index in [1.165, 1.54) is 0 Å². The second-order valence-corrected chi connectivity index (χ2v) is 6.93. The van der Waals surface area contributed by atoms with Gasteiger partial charge in [-0.3, -0.25) is 9.59 Å². The summed E-state index contributed by atoms with van der Waals surface area (Å²) in [4.78, 5) is 33.0. The van der Waals surface area contributed by atoms with Gasteiger partial charge < -0.3 is 14.5 Å². The average molecular weight is 309 g/mol. The van der Waals surface area contributed by atoms with Gasteiger partial charge in [-0.2, -0.15) is 0 Å². The summed E-state index contributed by atoms with van der Waals surface area (Å²) >= 11 is 1.57. The number of hydrogen-bond donors (Lipinski definition) is 0. The Morgan fingerprint density at radius 2 is 2.19 bits per heavy atom. The van der Waals surface area contributed by atoms with E-state index < -0.39 is 0 Å². The van der Waals surface area contributed by atoms with Crippen LogP contribution in [-0.2, 0) is 20.7 Å². The number of carbonyl (C=O) groups excluding carboxylic acids is 2. The first-order valence-electron chi connectivity index (χ1n) is 7.03. The van der Waals surface area contributed by atoms with Gasteiger partial charge in [0, 0.05) is 25.0 Å². The molecule has 0 radical (unpaired) electrons. The lowest BCUT2D eigenvalue weighted by molar-refractivity contribution is -0.150. The number of aryl methyl sites for hydroxylation is 2. The van der Waals surface area contributed by atoms with E-state index in [9.17, 15) is 9.59 Å². The van der Waals surface area contributed by atoms with Gasteiger partial charge in [0.25, 0.3) is 0 Å². The Balaban J connectivity index is 1.67. The molecule has 2 saturated heterocycles. The van der Waals surface area contributed by atoms with Crippen LogP contribution in [0.25, 0.3) is 0 Å². The van der Waals surface area contributed by atoms with E-state index in [1.54, 1.807) is 28.2 Å². The molecule has 21 heavy (non-hydrogen) atoms. The van der Waals surface area contributed by atoms with Crippen molar-refractivity contribution in [2.24, 2.45) is 0 Å². The van der Waals surface area contributed by atoms with Crippen molar-refractivity contribution in [2.45, 2.75) is 32.4 Å². The van der Waals surface area contributed by atoms with Gasteiger partial charge in [0.15, 0.2) is 0 Å². The van der Waals surface area contributed by atoms with Gasteiger partial charge in [-0.1, -0.05) is 0 Å². The zero-order chi connectivity index (χ0) is 15.1. The molecule has 0 N–H and O–H groups in total. The van der Waals surface area contributed by atoms with Crippen LogP contribution in [0, 0.1) is 13.8 Å². The molecule has 0 saturated carbocycles. The number of likely N-dealkylation sites (tertiary alicyclic amines) is 1. The predicted molar refractivity (Wildman–Crippen MR) is 78.2 cm³/mol. The number of morpholine rings is 1. The molecule has 0 aliphatic carbocycles. The molecular weight excluding hydrogens is 290 g/mol. The van der Waals surface area contributed by atoms with Crippen LogP contribution in [0.2, 0.25) is 0 Å². The third-order valence-electron chi connectivity index (χ3n) is 4.21. The number of hydrogen-bond acceptors (Lipinski definition) is 5. The molecule has 0 spiro atoms. The van der Waals surface area contributed by atoms with Crippen molar-refractivity contribution < 1.29 is 14.3 Å². The quantitative estimate of drug-likeness (QED) is 0.792. The maximum atomic E-state index is 12.5. The van der Waals surface area contributed by atoms with Crippen LogP contribution in [0.1, 0.15) is 15.6 Å².